The number of benzene rings is 2. The van der Waals surface area contributed by atoms with Crippen LogP contribution in [0.15, 0.2) is 63.8 Å². The van der Waals surface area contributed by atoms with Gasteiger partial charge in [-0.15, -0.1) is 11.3 Å². The molecule has 0 saturated heterocycles. The van der Waals surface area contributed by atoms with Gasteiger partial charge in [-0.3, -0.25) is 4.72 Å². The van der Waals surface area contributed by atoms with E-state index in [0.29, 0.717) is 23.2 Å². The number of thiophene rings is 1. The smallest absolute Gasteiger partial charge is 0.335 e. The quantitative estimate of drug-likeness (QED) is 0.516. The van der Waals surface area contributed by atoms with Crippen LogP contribution < -0.4 is 4.72 Å². The minimum Gasteiger partial charge on any atom is -0.478 e. The number of carboxylic acids is 1. The molecule has 2 N–H and O–H groups in total. The first-order valence-corrected chi connectivity index (χ1v) is 12.0. The van der Waals surface area contributed by atoms with Gasteiger partial charge in [0.25, 0.3) is 10.0 Å². The lowest BCUT2D eigenvalue weighted by atomic mass is 10.1. The average Bonchev–Trinajstić information content (AvgIpc) is 3.17. The van der Waals surface area contributed by atoms with Crippen LogP contribution in [0.4, 0.5) is 5.69 Å². The molecule has 3 aromatic rings. The summed E-state index contributed by atoms with van der Waals surface area (Å²) in [7, 11) is -3.78. The first kappa shape index (κ1) is 21.2. The van der Waals surface area contributed by atoms with Crippen molar-refractivity contribution in [2.24, 2.45) is 0 Å². The van der Waals surface area contributed by atoms with Gasteiger partial charge in [0, 0.05) is 21.0 Å². The second-order valence-electron chi connectivity index (χ2n) is 6.82. The molecule has 0 aliphatic heterocycles. The number of sulfonamides is 1. The van der Waals surface area contributed by atoms with Crippen molar-refractivity contribution in [2.45, 2.75) is 17.1 Å². The van der Waals surface area contributed by atoms with Crippen LogP contribution in [0.2, 0.25) is 0 Å². The van der Waals surface area contributed by atoms with Crippen molar-refractivity contribution in [1.82, 2.24) is 0 Å². The number of anilines is 1. The summed E-state index contributed by atoms with van der Waals surface area (Å²) in [5.74, 6) is 4.89. The molecule has 31 heavy (non-hydrogen) atoms. The first-order valence-electron chi connectivity index (χ1n) is 9.28. The summed E-state index contributed by atoms with van der Waals surface area (Å²) in [6, 6.07) is 14.7. The Morgan fingerprint density at radius 2 is 1.81 bits per heavy atom. The van der Waals surface area contributed by atoms with Gasteiger partial charge in [0.1, 0.15) is 4.21 Å². The van der Waals surface area contributed by atoms with Crippen molar-refractivity contribution in [1.29, 1.82) is 0 Å². The Morgan fingerprint density at radius 3 is 2.55 bits per heavy atom. The van der Waals surface area contributed by atoms with Crippen LogP contribution in [0.5, 0.6) is 0 Å². The van der Waals surface area contributed by atoms with Crippen LogP contribution in [0.3, 0.4) is 0 Å². The monoisotopic (exact) mass is 469 g/mol. The SMILES string of the molecule is O=C(O)c1ccc(C#Cc2ccccc2NS(=O)(=O)c2cc3c(s2)CCC(Cl)=C3)cc1. The van der Waals surface area contributed by atoms with E-state index in [4.69, 9.17) is 16.7 Å². The van der Waals surface area contributed by atoms with Gasteiger partial charge in [-0.1, -0.05) is 35.6 Å². The topological polar surface area (TPSA) is 83.5 Å². The third kappa shape index (κ3) is 4.83. The van der Waals surface area contributed by atoms with Crippen LogP contribution in [0.1, 0.15) is 38.3 Å². The van der Waals surface area contributed by atoms with Gasteiger partial charge in [0.05, 0.1) is 11.3 Å². The fourth-order valence-electron chi connectivity index (χ4n) is 3.05. The van der Waals surface area contributed by atoms with Crippen molar-refractivity contribution in [3.63, 3.8) is 0 Å². The van der Waals surface area contributed by atoms with Crippen molar-refractivity contribution >= 4 is 50.7 Å². The van der Waals surface area contributed by atoms with E-state index in [1.165, 1.54) is 23.5 Å². The molecule has 0 amide bonds. The van der Waals surface area contributed by atoms with Crippen LogP contribution in [-0.4, -0.2) is 19.5 Å². The maximum atomic E-state index is 13.0. The molecular weight excluding hydrogens is 454 g/mol. The molecule has 156 valence electrons. The number of para-hydroxylation sites is 1. The van der Waals surface area contributed by atoms with Crippen LogP contribution >= 0.6 is 22.9 Å². The highest BCUT2D eigenvalue weighted by Gasteiger charge is 2.22. The highest BCUT2D eigenvalue weighted by Crippen LogP contribution is 2.35. The zero-order valence-electron chi connectivity index (χ0n) is 16.1. The second-order valence-corrected chi connectivity index (χ2v) is 10.4. The Hall–Kier alpha value is -3.05. The van der Waals surface area contributed by atoms with Crippen molar-refractivity contribution in [3.8, 4) is 11.8 Å². The molecule has 0 unspecified atom stereocenters. The molecule has 2 aromatic carbocycles. The Kier molecular flexibility index (Phi) is 5.88. The molecule has 0 radical (unpaired) electrons. The van der Waals surface area contributed by atoms with Gasteiger partial charge in [-0.25, -0.2) is 13.2 Å². The van der Waals surface area contributed by atoms with E-state index in [1.807, 2.05) is 6.08 Å². The lowest BCUT2D eigenvalue weighted by molar-refractivity contribution is 0.0697. The summed E-state index contributed by atoms with van der Waals surface area (Å²) in [5.41, 5.74) is 2.53. The average molecular weight is 470 g/mol. The van der Waals surface area contributed by atoms with E-state index in [0.717, 1.165) is 21.9 Å². The largest absolute Gasteiger partial charge is 0.478 e. The zero-order valence-corrected chi connectivity index (χ0v) is 18.4. The number of allylic oxidation sites excluding steroid dienone is 1. The first-order chi connectivity index (χ1) is 14.8. The van der Waals surface area contributed by atoms with E-state index in [1.54, 1.807) is 42.5 Å². The van der Waals surface area contributed by atoms with Crippen molar-refractivity contribution < 1.29 is 18.3 Å². The normalized spacial score (nSPS) is 12.9. The summed E-state index contributed by atoms with van der Waals surface area (Å²) in [6.07, 6.45) is 3.26. The van der Waals surface area contributed by atoms with Crippen LogP contribution in [-0.2, 0) is 16.4 Å². The second kappa shape index (κ2) is 8.60. The van der Waals surface area contributed by atoms with Gasteiger partial charge in [-0.2, -0.15) is 0 Å². The van der Waals surface area contributed by atoms with Gasteiger partial charge in [0.2, 0.25) is 0 Å². The number of aromatic carboxylic acids is 1. The molecule has 8 heteroatoms. The van der Waals surface area contributed by atoms with Gasteiger partial charge in [-0.05, 0) is 66.9 Å². The van der Waals surface area contributed by atoms with E-state index in [2.05, 4.69) is 16.6 Å². The predicted octanol–water partition coefficient (Wildman–Crippen LogP) is 5.17. The Bertz CT molecular complexity index is 1360. The number of nitrogens with one attached hydrogen (secondary N) is 1. The molecule has 0 bridgehead atoms. The molecule has 0 atom stereocenters. The van der Waals surface area contributed by atoms with Crippen molar-refractivity contribution in [3.05, 3.63) is 86.8 Å². The van der Waals surface area contributed by atoms with E-state index >= 15 is 0 Å². The molecule has 0 saturated carbocycles. The van der Waals surface area contributed by atoms with Gasteiger partial charge in [0.15, 0.2) is 0 Å². The Labute approximate surface area is 189 Å². The fourth-order valence-corrected chi connectivity index (χ4v) is 5.85. The highest BCUT2D eigenvalue weighted by atomic mass is 35.5. The number of aryl methyl sites for hydroxylation is 1. The van der Waals surface area contributed by atoms with Gasteiger partial charge >= 0.3 is 5.97 Å². The molecule has 1 aliphatic rings. The maximum Gasteiger partial charge on any atom is 0.335 e. The van der Waals surface area contributed by atoms with Crippen molar-refractivity contribution in [2.75, 3.05) is 4.72 Å². The highest BCUT2D eigenvalue weighted by molar-refractivity contribution is 7.94. The number of halogens is 1. The minimum atomic E-state index is -3.78. The summed E-state index contributed by atoms with van der Waals surface area (Å²) >= 11 is 7.33. The molecule has 1 heterocycles. The molecule has 1 aromatic heterocycles. The number of carboxylic acid groups (broad SMARTS) is 1. The Balaban J connectivity index is 1.60. The molecule has 0 spiro atoms. The standard InChI is InChI=1S/C23H16ClNO4S2/c24-19-11-12-21-18(13-19)14-22(30-21)31(28,29)25-20-4-2-1-3-16(20)8-5-15-6-9-17(10-7-15)23(26)27/h1-4,6-7,9-10,13-14,25H,11-12H2,(H,26,27). The Morgan fingerprint density at radius 1 is 1.06 bits per heavy atom. The van der Waals surface area contributed by atoms with E-state index < -0.39 is 16.0 Å². The summed E-state index contributed by atoms with van der Waals surface area (Å²) < 4.78 is 28.8. The molecular formula is C23H16ClNO4S2. The zero-order chi connectivity index (χ0) is 22.0. The predicted molar refractivity (Wildman–Crippen MR) is 123 cm³/mol. The third-order valence-corrected chi connectivity index (χ3v) is 7.98. The maximum absolute atomic E-state index is 13.0. The summed E-state index contributed by atoms with van der Waals surface area (Å²) in [6.45, 7) is 0. The van der Waals surface area contributed by atoms with Crippen LogP contribution in [0.25, 0.3) is 6.08 Å². The third-order valence-electron chi connectivity index (χ3n) is 4.63. The molecule has 0 fully saturated rings. The van der Waals surface area contributed by atoms with Gasteiger partial charge < -0.3 is 5.11 Å². The van der Waals surface area contributed by atoms with E-state index in [9.17, 15) is 13.2 Å². The molecule has 5 nitrogen and oxygen atoms in total. The number of carbonyl (C=O) groups is 1. The molecule has 1 aliphatic carbocycles. The fraction of sp³-hybridized carbons (Fsp3) is 0.0870. The summed E-state index contributed by atoms with van der Waals surface area (Å²) in [5, 5.41) is 9.70. The number of rotatable bonds is 4. The lowest BCUT2D eigenvalue weighted by Crippen LogP contribution is -2.12. The van der Waals surface area contributed by atoms with E-state index in [-0.39, 0.29) is 9.77 Å². The number of hydrogen-bond donors (Lipinski definition) is 2. The summed E-state index contributed by atoms with van der Waals surface area (Å²) in [4.78, 5) is 12.0. The number of fused-ring (bicyclic) bond motifs is 1. The number of hydrogen-bond acceptors (Lipinski definition) is 4. The minimum absolute atomic E-state index is 0.175. The lowest BCUT2D eigenvalue weighted by Gasteiger charge is -2.08. The van der Waals surface area contributed by atoms with Crippen LogP contribution in [0, 0.1) is 11.8 Å². The molecule has 4 rings (SSSR count).